The molecule has 0 saturated carbocycles. The van der Waals surface area contributed by atoms with E-state index in [1.54, 1.807) is 13.3 Å². The third-order valence-electron chi connectivity index (χ3n) is 3.69. The van der Waals surface area contributed by atoms with Crippen molar-refractivity contribution in [3.63, 3.8) is 0 Å². The van der Waals surface area contributed by atoms with Crippen molar-refractivity contribution in [3.8, 4) is 5.75 Å². The summed E-state index contributed by atoms with van der Waals surface area (Å²) in [5, 5.41) is 10.5. The van der Waals surface area contributed by atoms with E-state index < -0.39 is 0 Å². The lowest BCUT2D eigenvalue weighted by Crippen LogP contribution is -2.00. The molecule has 0 amide bonds. The van der Waals surface area contributed by atoms with Gasteiger partial charge in [0, 0.05) is 29.9 Å². The zero-order valence-corrected chi connectivity index (χ0v) is 12.0. The number of benzene rings is 1. The van der Waals surface area contributed by atoms with Gasteiger partial charge in [-0.25, -0.2) is 4.98 Å². The molecular formula is C17H18N2O2. The number of pyridine rings is 1. The number of aromatic nitrogens is 2. The predicted octanol–water partition coefficient (Wildman–Crippen LogP) is 2.78. The number of aliphatic hydroxyl groups is 1. The van der Waals surface area contributed by atoms with Gasteiger partial charge in [0.15, 0.2) is 0 Å². The number of aliphatic hydroxyl groups excluding tert-OH is 1. The molecule has 2 aromatic heterocycles. The lowest BCUT2D eigenvalue weighted by molar-refractivity contribution is 0.283. The van der Waals surface area contributed by atoms with Gasteiger partial charge in [0.05, 0.1) is 13.7 Å². The number of hydrogen-bond acceptors (Lipinski definition) is 3. The number of nitrogens with zero attached hydrogens (tertiary/aromatic N) is 2. The topological polar surface area (TPSA) is 47.3 Å². The van der Waals surface area contributed by atoms with Gasteiger partial charge < -0.3 is 14.4 Å². The summed E-state index contributed by atoms with van der Waals surface area (Å²) < 4.78 is 7.27. The number of aryl methyl sites for hydroxylation is 2. The molecule has 0 unspecified atom stereocenters. The molecule has 0 aliphatic carbocycles. The van der Waals surface area contributed by atoms with Gasteiger partial charge in [0.25, 0.3) is 0 Å². The van der Waals surface area contributed by atoms with Gasteiger partial charge in [-0.3, -0.25) is 0 Å². The van der Waals surface area contributed by atoms with Crippen molar-refractivity contribution in [1.82, 2.24) is 9.55 Å². The fraction of sp³-hybridized carbons (Fsp3) is 0.235. The molecule has 1 N–H and O–H groups in total. The molecular weight excluding hydrogens is 264 g/mol. The molecule has 4 nitrogen and oxygen atoms in total. The van der Waals surface area contributed by atoms with E-state index in [0.29, 0.717) is 0 Å². The second-order valence-corrected chi connectivity index (χ2v) is 4.98. The van der Waals surface area contributed by atoms with Crippen LogP contribution in [-0.4, -0.2) is 21.8 Å². The first-order valence-electron chi connectivity index (χ1n) is 6.98. The molecule has 3 aromatic rings. The van der Waals surface area contributed by atoms with Gasteiger partial charge in [0.1, 0.15) is 11.4 Å². The Morgan fingerprint density at radius 2 is 2.00 bits per heavy atom. The molecule has 3 rings (SSSR count). The Hall–Kier alpha value is -2.33. The Morgan fingerprint density at radius 3 is 2.71 bits per heavy atom. The van der Waals surface area contributed by atoms with E-state index in [2.05, 4.69) is 21.7 Å². The molecule has 0 aliphatic heterocycles. The Balaban J connectivity index is 1.81. The van der Waals surface area contributed by atoms with E-state index in [1.165, 1.54) is 5.56 Å². The van der Waals surface area contributed by atoms with E-state index >= 15 is 0 Å². The molecule has 2 heterocycles. The maximum atomic E-state index is 9.44. The third kappa shape index (κ3) is 2.76. The van der Waals surface area contributed by atoms with Crippen molar-refractivity contribution in [2.75, 3.05) is 7.11 Å². The van der Waals surface area contributed by atoms with Crippen LogP contribution < -0.4 is 4.74 Å². The summed E-state index contributed by atoms with van der Waals surface area (Å²) in [6.45, 7) is 0.873. The smallest absolute Gasteiger partial charge is 0.140 e. The molecule has 0 fully saturated rings. The third-order valence-corrected chi connectivity index (χ3v) is 3.69. The van der Waals surface area contributed by atoms with Crippen LogP contribution in [0.3, 0.4) is 0 Å². The molecule has 0 atom stereocenters. The summed E-state index contributed by atoms with van der Waals surface area (Å²) in [6, 6.07) is 12.0. The summed E-state index contributed by atoms with van der Waals surface area (Å²) in [5.41, 5.74) is 3.10. The van der Waals surface area contributed by atoms with Crippen LogP contribution in [0.25, 0.3) is 11.0 Å². The van der Waals surface area contributed by atoms with Crippen molar-refractivity contribution in [1.29, 1.82) is 0 Å². The van der Waals surface area contributed by atoms with E-state index in [9.17, 15) is 5.11 Å². The van der Waals surface area contributed by atoms with Gasteiger partial charge in [-0.2, -0.15) is 0 Å². The highest BCUT2D eigenvalue weighted by atomic mass is 16.5. The van der Waals surface area contributed by atoms with Gasteiger partial charge in [0.2, 0.25) is 0 Å². The molecule has 1 aromatic carbocycles. The molecule has 0 spiro atoms. The van der Waals surface area contributed by atoms with Gasteiger partial charge in [-0.15, -0.1) is 0 Å². The van der Waals surface area contributed by atoms with Crippen LogP contribution in [-0.2, 0) is 19.6 Å². The Bertz CT molecular complexity index is 732. The quantitative estimate of drug-likeness (QED) is 0.782. The first-order chi connectivity index (χ1) is 10.3. The largest absolute Gasteiger partial charge is 0.497 e. The van der Waals surface area contributed by atoms with Crippen molar-refractivity contribution in [2.45, 2.75) is 19.6 Å². The second-order valence-electron chi connectivity index (χ2n) is 4.98. The predicted molar refractivity (Wildman–Crippen MR) is 82.4 cm³/mol. The molecule has 4 heteroatoms. The van der Waals surface area contributed by atoms with Crippen LogP contribution in [0.4, 0.5) is 0 Å². The summed E-state index contributed by atoms with van der Waals surface area (Å²) in [7, 11) is 1.67. The zero-order valence-electron chi connectivity index (χ0n) is 12.0. The van der Waals surface area contributed by atoms with E-state index in [-0.39, 0.29) is 6.61 Å². The average Bonchev–Trinajstić information content (AvgIpc) is 2.91. The number of rotatable bonds is 5. The van der Waals surface area contributed by atoms with E-state index in [0.717, 1.165) is 35.3 Å². The van der Waals surface area contributed by atoms with Crippen LogP contribution in [0.2, 0.25) is 0 Å². The van der Waals surface area contributed by atoms with E-state index in [4.69, 9.17) is 4.74 Å². The lowest BCUT2D eigenvalue weighted by atomic mass is 10.1. The highest BCUT2D eigenvalue weighted by molar-refractivity contribution is 5.80. The minimum absolute atomic E-state index is 0.0394. The minimum Gasteiger partial charge on any atom is -0.497 e. The zero-order chi connectivity index (χ0) is 14.7. The Labute approximate surface area is 123 Å². The fourth-order valence-electron chi connectivity index (χ4n) is 2.53. The Kier molecular flexibility index (Phi) is 3.88. The molecule has 0 saturated heterocycles. The normalized spacial score (nSPS) is 11.0. The average molecular weight is 282 g/mol. The molecule has 108 valence electrons. The first-order valence-corrected chi connectivity index (χ1v) is 6.98. The highest BCUT2D eigenvalue weighted by Crippen LogP contribution is 2.20. The standard InChI is InChI=1S/C17H18N2O2/c1-21-15-6-4-13(5-7-15)8-10-19-11-14(12-20)16-3-2-9-18-17(16)19/h2-7,9,11,20H,8,10,12H2,1H3. The maximum Gasteiger partial charge on any atom is 0.140 e. The summed E-state index contributed by atoms with van der Waals surface area (Å²) >= 11 is 0. The SMILES string of the molecule is COc1ccc(CCn2cc(CO)c3cccnc32)cc1. The van der Waals surface area contributed by atoms with Gasteiger partial charge in [-0.05, 0) is 36.2 Å². The number of methoxy groups -OCH3 is 1. The first kappa shape index (κ1) is 13.6. The van der Waals surface area contributed by atoms with Crippen molar-refractivity contribution in [3.05, 3.63) is 59.9 Å². The lowest BCUT2D eigenvalue weighted by Gasteiger charge is -2.06. The van der Waals surface area contributed by atoms with Gasteiger partial charge in [-0.1, -0.05) is 12.1 Å². The van der Waals surface area contributed by atoms with Crippen LogP contribution in [0, 0.1) is 0 Å². The summed E-state index contributed by atoms with van der Waals surface area (Å²) in [4.78, 5) is 4.42. The van der Waals surface area contributed by atoms with Crippen molar-refractivity contribution in [2.24, 2.45) is 0 Å². The highest BCUT2D eigenvalue weighted by Gasteiger charge is 2.08. The van der Waals surface area contributed by atoms with Crippen LogP contribution in [0.5, 0.6) is 5.75 Å². The molecule has 0 radical (unpaired) electrons. The molecule has 21 heavy (non-hydrogen) atoms. The monoisotopic (exact) mass is 282 g/mol. The molecule has 0 aliphatic rings. The number of fused-ring (bicyclic) bond motifs is 1. The van der Waals surface area contributed by atoms with E-state index in [1.807, 2.05) is 30.5 Å². The molecule has 0 bridgehead atoms. The maximum absolute atomic E-state index is 9.44. The Morgan fingerprint density at radius 1 is 1.19 bits per heavy atom. The van der Waals surface area contributed by atoms with Gasteiger partial charge >= 0.3 is 0 Å². The number of hydrogen-bond donors (Lipinski definition) is 1. The van der Waals surface area contributed by atoms with Crippen molar-refractivity contribution < 1.29 is 9.84 Å². The van der Waals surface area contributed by atoms with Crippen molar-refractivity contribution >= 4 is 11.0 Å². The minimum atomic E-state index is 0.0394. The summed E-state index contributed by atoms with van der Waals surface area (Å²) in [6.07, 6.45) is 4.68. The summed E-state index contributed by atoms with van der Waals surface area (Å²) in [5.74, 6) is 0.870. The fourth-order valence-corrected chi connectivity index (χ4v) is 2.53. The second kappa shape index (κ2) is 5.97. The van der Waals surface area contributed by atoms with Crippen LogP contribution in [0.1, 0.15) is 11.1 Å². The van der Waals surface area contributed by atoms with Crippen LogP contribution in [0.15, 0.2) is 48.8 Å². The van der Waals surface area contributed by atoms with Crippen LogP contribution >= 0.6 is 0 Å². The number of ether oxygens (including phenoxy) is 1.